The van der Waals surface area contributed by atoms with Crippen molar-refractivity contribution < 1.29 is 29.9 Å². The van der Waals surface area contributed by atoms with E-state index in [2.05, 4.69) is 0 Å². The van der Waals surface area contributed by atoms with Gasteiger partial charge in [-0.1, -0.05) is 0 Å². The Kier molecular flexibility index (Phi) is 3.49. The number of phenols is 1. The van der Waals surface area contributed by atoms with Crippen LogP contribution in [0.15, 0.2) is 24.3 Å². The monoisotopic (exact) mass is 242 g/mol. The molecule has 2 rings (SSSR count). The molecule has 1 heterocycles. The van der Waals surface area contributed by atoms with Gasteiger partial charge in [0.1, 0.15) is 29.8 Å². The number of aliphatic hydroxyl groups is 3. The quantitative estimate of drug-likeness (QED) is 0.542. The van der Waals surface area contributed by atoms with E-state index in [0.29, 0.717) is 5.75 Å². The lowest BCUT2D eigenvalue weighted by molar-refractivity contribution is -0.242. The second kappa shape index (κ2) is 4.89. The first-order valence-corrected chi connectivity index (χ1v) is 5.19. The van der Waals surface area contributed by atoms with Gasteiger partial charge in [-0.3, -0.25) is 0 Å². The topological polar surface area (TPSA) is 99.4 Å². The maximum absolute atomic E-state index is 9.61. The van der Waals surface area contributed by atoms with E-state index < -0.39 is 24.6 Å². The average Bonchev–Trinajstić information content (AvgIpc) is 2.33. The minimum absolute atomic E-state index is 0.0953. The van der Waals surface area contributed by atoms with Gasteiger partial charge in [-0.15, -0.1) is 0 Å². The van der Waals surface area contributed by atoms with Crippen molar-refractivity contribution in [2.45, 2.75) is 24.6 Å². The summed E-state index contributed by atoms with van der Waals surface area (Å²) >= 11 is 0. The molecule has 0 aromatic heterocycles. The molecular weight excluding hydrogens is 228 g/mol. The van der Waals surface area contributed by atoms with Gasteiger partial charge >= 0.3 is 0 Å². The number of aromatic hydroxyl groups is 1. The summed E-state index contributed by atoms with van der Waals surface area (Å²) in [5.41, 5.74) is 0. The zero-order valence-corrected chi connectivity index (χ0v) is 8.93. The van der Waals surface area contributed by atoms with Crippen molar-refractivity contribution in [1.29, 1.82) is 0 Å². The van der Waals surface area contributed by atoms with Crippen molar-refractivity contribution >= 4 is 0 Å². The highest BCUT2D eigenvalue weighted by Gasteiger charge is 2.38. The van der Waals surface area contributed by atoms with E-state index in [1.165, 1.54) is 24.3 Å². The Morgan fingerprint density at radius 3 is 2.35 bits per heavy atom. The molecule has 1 aliphatic heterocycles. The van der Waals surface area contributed by atoms with Crippen LogP contribution in [-0.4, -0.2) is 51.6 Å². The summed E-state index contributed by atoms with van der Waals surface area (Å²) in [7, 11) is 0. The molecule has 0 radical (unpaired) electrons. The fourth-order valence-corrected chi connectivity index (χ4v) is 1.54. The van der Waals surface area contributed by atoms with E-state index in [9.17, 15) is 15.3 Å². The van der Waals surface area contributed by atoms with Crippen LogP contribution in [-0.2, 0) is 4.74 Å². The van der Waals surface area contributed by atoms with Gasteiger partial charge in [0.15, 0.2) is 0 Å². The normalized spacial score (nSPS) is 33.4. The standard InChI is InChI=1S/C11H14O6/c12-6-1-3-7(4-2-6)17-11-10(15)9(14)8(13)5-16-11/h1-4,8-15H,5H2/t8-,9-,10-,11?/m0/s1. The molecule has 4 atom stereocenters. The van der Waals surface area contributed by atoms with Crippen LogP contribution in [0.25, 0.3) is 0 Å². The van der Waals surface area contributed by atoms with E-state index in [-0.39, 0.29) is 12.4 Å². The van der Waals surface area contributed by atoms with Crippen molar-refractivity contribution in [3.63, 3.8) is 0 Å². The van der Waals surface area contributed by atoms with Gasteiger partial charge < -0.3 is 29.9 Å². The SMILES string of the molecule is Oc1ccc(OC2OC[C@H](O)[C@H](O)[C@@H]2O)cc1. The molecule has 0 amide bonds. The zero-order valence-electron chi connectivity index (χ0n) is 8.93. The van der Waals surface area contributed by atoms with E-state index >= 15 is 0 Å². The van der Waals surface area contributed by atoms with Crippen LogP contribution in [0.1, 0.15) is 0 Å². The Hall–Kier alpha value is -1.34. The third kappa shape index (κ3) is 2.67. The van der Waals surface area contributed by atoms with Crippen molar-refractivity contribution in [3.05, 3.63) is 24.3 Å². The van der Waals surface area contributed by atoms with E-state index in [4.69, 9.17) is 14.6 Å². The minimum atomic E-state index is -1.33. The smallest absolute Gasteiger partial charge is 0.228 e. The van der Waals surface area contributed by atoms with Crippen molar-refractivity contribution in [2.75, 3.05) is 6.61 Å². The lowest BCUT2D eigenvalue weighted by Gasteiger charge is -2.34. The number of hydrogen-bond donors (Lipinski definition) is 4. The first-order valence-electron chi connectivity index (χ1n) is 5.19. The molecule has 6 nitrogen and oxygen atoms in total. The second-order valence-corrected chi connectivity index (χ2v) is 3.86. The third-order valence-corrected chi connectivity index (χ3v) is 2.54. The van der Waals surface area contributed by atoms with Crippen molar-refractivity contribution in [3.8, 4) is 11.5 Å². The number of phenolic OH excluding ortho intramolecular Hbond substituents is 1. The van der Waals surface area contributed by atoms with Gasteiger partial charge in [-0.2, -0.15) is 0 Å². The lowest BCUT2D eigenvalue weighted by atomic mass is 10.1. The largest absolute Gasteiger partial charge is 0.508 e. The molecule has 1 aromatic rings. The van der Waals surface area contributed by atoms with Gasteiger partial charge in [0.2, 0.25) is 6.29 Å². The summed E-state index contributed by atoms with van der Waals surface area (Å²) in [6.45, 7) is -0.110. The number of benzene rings is 1. The molecule has 6 heteroatoms. The number of rotatable bonds is 2. The minimum Gasteiger partial charge on any atom is -0.508 e. The molecule has 1 fully saturated rings. The highest BCUT2D eigenvalue weighted by atomic mass is 16.7. The average molecular weight is 242 g/mol. The Balaban J connectivity index is 2.01. The van der Waals surface area contributed by atoms with Gasteiger partial charge in [0.05, 0.1) is 6.61 Å². The molecule has 1 aromatic carbocycles. The van der Waals surface area contributed by atoms with Crippen molar-refractivity contribution in [2.24, 2.45) is 0 Å². The second-order valence-electron chi connectivity index (χ2n) is 3.86. The van der Waals surface area contributed by atoms with E-state index in [1.54, 1.807) is 0 Å². The molecule has 94 valence electrons. The summed E-state index contributed by atoms with van der Waals surface area (Å²) in [5, 5.41) is 37.4. The maximum atomic E-state index is 9.61. The fraction of sp³-hybridized carbons (Fsp3) is 0.455. The van der Waals surface area contributed by atoms with Crippen LogP contribution in [0.4, 0.5) is 0 Å². The van der Waals surface area contributed by atoms with Gasteiger partial charge in [0.25, 0.3) is 0 Å². The molecule has 1 aliphatic rings. The Labute approximate surface area is 97.7 Å². The molecular formula is C11H14O6. The van der Waals surface area contributed by atoms with Crippen LogP contribution in [0.2, 0.25) is 0 Å². The van der Waals surface area contributed by atoms with Crippen LogP contribution in [0, 0.1) is 0 Å². The Morgan fingerprint density at radius 1 is 1.06 bits per heavy atom. The predicted octanol–water partition coefficient (Wildman–Crippen LogP) is -0.790. The molecule has 4 N–H and O–H groups in total. The molecule has 0 spiro atoms. The highest BCUT2D eigenvalue weighted by Crippen LogP contribution is 2.22. The van der Waals surface area contributed by atoms with Crippen LogP contribution in [0.3, 0.4) is 0 Å². The molecule has 0 saturated carbocycles. The van der Waals surface area contributed by atoms with E-state index in [0.717, 1.165) is 0 Å². The molecule has 1 saturated heterocycles. The van der Waals surface area contributed by atoms with Crippen molar-refractivity contribution in [1.82, 2.24) is 0 Å². The molecule has 0 bridgehead atoms. The molecule has 17 heavy (non-hydrogen) atoms. The van der Waals surface area contributed by atoms with E-state index in [1.807, 2.05) is 0 Å². The zero-order chi connectivity index (χ0) is 12.4. The lowest BCUT2D eigenvalue weighted by Crippen LogP contribution is -2.54. The first kappa shape index (κ1) is 12.1. The third-order valence-electron chi connectivity index (χ3n) is 2.54. The summed E-state index contributed by atoms with van der Waals surface area (Å²) < 4.78 is 10.3. The summed E-state index contributed by atoms with van der Waals surface area (Å²) in [5.74, 6) is 0.480. The summed E-state index contributed by atoms with van der Waals surface area (Å²) in [6, 6.07) is 5.86. The maximum Gasteiger partial charge on any atom is 0.228 e. The summed E-state index contributed by atoms with van der Waals surface area (Å²) in [6.07, 6.45) is -4.79. The summed E-state index contributed by atoms with van der Waals surface area (Å²) in [4.78, 5) is 0. The number of aliphatic hydroxyl groups excluding tert-OH is 3. The predicted molar refractivity (Wildman–Crippen MR) is 56.5 cm³/mol. The van der Waals surface area contributed by atoms with Gasteiger partial charge in [0, 0.05) is 0 Å². The Bertz CT molecular complexity index is 365. The van der Waals surface area contributed by atoms with Crippen LogP contribution >= 0.6 is 0 Å². The molecule has 1 unspecified atom stereocenters. The van der Waals surface area contributed by atoms with Gasteiger partial charge in [-0.05, 0) is 24.3 Å². The Morgan fingerprint density at radius 2 is 1.71 bits per heavy atom. The van der Waals surface area contributed by atoms with Crippen LogP contribution in [0.5, 0.6) is 11.5 Å². The number of hydrogen-bond acceptors (Lipinski definition) is 6. The highest BCUT2D eigenvalue weighted by molar-refractivity contribution is 5.30. The fourth-order valence-electron chi connectivity index (χ4n) is 1.54. The van der Waals surface area contributed by atoms with Crippen LogP contribution < -0.4 is 4.74 Å². The van der Waals surface area contributed by atoms with Gasteiger partial charge in [-0.25, -0.2) is 0 Å². The first-order chi connectivity index (χ1) is 8.08. The molecule has 0 aliphatic carbocycles. The number of ether oxygens (including phenoxy) is 2.